The number of hydrogen-bond donors (Lipinski definition) is 1. The van der Waals surface area contributed by atoms with Crippen molar-refractivity contribution < 1.29 is 18.3 Å². The Morgan fingerprint density at radius 1 is 1.13 bits per heavy atom. The van der Waals surface area contributed by atoms with Crippen molar-refractivity contribution in [3.63, 3.8) is 0 Å². The van der Waals surface area contributed by atoms with Gasteiger partial charge in [0.15, 0.2) is 0 Å². The van der Waals surface area contributed by atoms with Crippen molar-refractivity contribution in [3.8, 4) is 0 Å². The molecule has 1 rings (SSSR count). The zero-order valence-electron chi connectivity index (χ0n) is 8.76. The molecule has 0 radical (unpaired) electrons. The van der Waals surface area contributed by atoms with E-state index < -0.39 is 12.7 Å². The maximum Gasteiger partial charge on any atom is 0.401 e. The SMILES string of the molecule is OCCN(CC(F)(F)F)C1CCCCC1. The van der Waals surface area contributed by atoms with Crippen LogP contribution in [0.2, 0.25) is 0 Å². The lowest BCUT2D eigenvalue weighted by Crippen LogP contribution is -2.44. The van der Waals surface area contributed by atoms with Crippen LogP contribution in [0, 0.1) is 0 Å². The average Bonchev–Trinajstić information content (AvgIpc) is 2.17. The normalized spacial score (nSPS) is 19.8. The summed E-state index contributed by atoms with van der Waals surface area (Å²) in [6, 6.07) is 0.00697. The second-order valence-electron chi connectivity index (χ2n) is 4.10. The lowest BCUT2D eigenvalue weighted by Gasteiger charge is -2.34. The Morgan fingerprint density at radius 3 is 2.20 bits per heavy atom. The molecule has 1 saturated carbocycles. The highest BCUT2D eigenvalue weighted by Crippen LogP contribution is 2.25. The minimum Gasteiger partial charge on any atom is -0.395 e. The molecule has 15 heavy (non-hydrogen) atoms. The number of hydrogen-bond acceptors (Lipinski definition) is 2. The predicted octanol–water partition coefficient (Wildman–Crippen LogP) is 2.18. The topological polar surface area (TPSA) is 23.5 Å². The van der Waals surface area contributed by atoms with Gasteiger partial charge in [0.25, 0.3) is 0 Å². The molecule has 0 aliphatic heterocycles. The van der Waals surface area contributed by atoms with E-state index in [0.29, 0.717) is 0 Å². The number of aliphatic hydroxyl groups excluding tert-OH is 1. The van der Waals surface area contributed by atoms with E-state index in [-0.39, 0.29) is 19.2 Å². The summed E-state index contributed by atoms with van der Waals surface area (Å²) in [4.78, 5) is 1.37. The molecule has 0 spiro atoms. The summed E-state index contributed by atoms with van der Waals surface area (Å²) in [5.41, 5.74) is 0. The Hall–Kier alpha value is -0.290. The van der Waals surface area contributed by atoms with Crippen LogP contribution in [0.15, 0.2) is 0 Å². The lowest BCUT2D eigenvalue weighted by molar-refractivity contribution is -0.153. The Bertz CT molecular complexity index is 178. The van der Waals surface area contributed by atoms with Crippen molar-refractivity contribution in [2.75, 3.05) is 19.7 Å². The molecule has 0 aromatic carbocycles. The molecular weight excluding hydrogens is 207 g/mol. The zero-order chi connectivity index (χ0) is 11.3. The maximum absolute atomic E-state index is 12.3. The molecule has 90 valence electrons. The molecule has 2 nitrogen and oxygen atoms in total. The first-order valence-electron chi connectivity index (χ1n) is 5.44. The minimum absolute atomic E-state index is 0.00697. The molecule has 1 fully saturated rings. The molecule has 5 heteroatoms. The minimum atomic E-state index is -4.16. The van der Waals surface area contributed by atoms with Crippen molar-refractivity contribution >= 4 is 0 Å². The highest BCUT2D eigenvalue weighted by atomic mass is 19.4. The van der Waals surface area contributed by atoms with Crippen LogP contribution in [0.3, 0.4) is 0 Å². The Balaban J connectivity index is 2.47. The zero-order valence-corrected chi connectivity index (χ0v) is 8.76. The summed E-state index contributed by atoms with van der Waals surface area (Å²) in [7, 11) is 0. The number of rotatable bonds is 4. The molecular formula is C10H18F3NO. The van der Waals surface area contributed by atoms with Crippen molar-refractivity contribution in [2.45, 2.75) is 44.3 Å². The van der Waals surface area contributed by atoms with E-state index in [4.69, 9.17) is 5.11 Å². The van der Waals surface area contributed by atoms with E-state index in [0.717, 1.165) is 32.1 Å². The van der Waals surface area contributed by atoms with Crippen LogP contribution in [0.1, 0.15) is 32.1 Å². The molecule has 0 heterocycles. The quantitative estimate of drug-likeness (QED) is 0.792. The summed E-state index contributed by atoms with van der Waals surface area (Å²) < 4.78 is 36.8. The number of halogens is 3. The summed E-state index contributed by atoms with van der Waals surface area (Å²) in [5.74, 6) is 0. The summed E-state index contributed by atoms with van der Waals surface area (Å²) in [5, 5.41) is 8.76. The van der Waals surface area contributed by atoms with Crippen LogP contribution in [-0.4, -0.2) is 41.9 Å². The van der Waals surface area contributed by atoms with E-state index in [1.807, 2.05) is 0 Å². The van der Waals surface area contributed by atoms with Crippen molar-refractivity contribution in [1.82, 2.24) is 4.90 Å². The number of alkyl halides is 3. The van der Waals surface area contributed by atoms with Gasteiger partial charge in [0.2, 0.25) is 0 Å². The molecule has 0 amide bonds. The first-order chi connectivity index (χ1) is 7.03. The Labute approximate surface area is 88.1 Å². The third-order valence-electron chi connectivity index (χ3n) is 2.86. The van der Waals surface area contributed by atoms with Gasteiger partial charge in [0.1, 0.15) is 0 Å². The second-order valence-corrected chi connectivity index (χ2v) is 4.10. The monoisotopic (exact) mass is 225 g/mol. The van der Waals surface area contributed by atoms with Crippen molar-refractivity contribution in [2.24, 2.45) is 0 Å². The lowest BCUT2D eigenvalue weighted by atomic mass is 9.94. The first-order valence-corrected chi connectivity index (χ1v) is 5.44. The molecule has 1 N–H and O–H groups in total. The smallest absolute Gasteiger partial charge is 0.395 e. The summed E-state index contributed by atoms with van der Waals surface area (Å²) in [6.07, 6.45) is 0.628. The van der Waals surface area contributed by atoms with Gasteiger partial charge in [-0.25, -0.2) is 0 Å². The van der Waals surface area contributed by atoms with Crippen molar-refractivity contribution in [3.05, 3.63) is 0 Å². The van der Waals surface area contributed by atoms with Gasteiger partial charge in [-0.05, 0) is 12.8 Å². The van der Waals surface area contributed by atoms with Gasteiger partial charge in [-0.3, -0.25) is 4.90 Å². The van der Waals surface area contributed by atoms with Crippen LogP contribution in [-0.2, 0) is 0 Å². The number of nitrogens with zero attached hydrogens (tertiary/aromatic N) is 1. The van der Waals surface area contributed by atoms with E-state index in [9.17, 15) is 13.2 Å². The Morgan fingerprint density at radius 2 is 1.73 bits per heavy atom. The molecule has 0 bridgehead atoms. The fourth-order valence-corrected chi connectivity index (χ4v) is 2.20. The highest BCUT2D eigenvalue weighted by molar-refractivity contribution is 4.77. The maximum atomic E-state index is 12.3. The second kappa shape index (κ2) is 5.70. The van der Waals surface area contributed by atoms with Gasteiger partial charge in [0, 0.05) is 12.6 Å². The molecule has 0 saturated heterocycles. The van der Waals surface area contributed by atoms with E-state index in [1.165, 1.54) is 4.90 Å². The predicted molar refractivity (Wildman–Crippen MR) is 51.6 cm³/mol. The van der Waals surface area contributed by atoms with Crippen LogP contribution >= 0.6 is 0 Å². The standard InChI is InChI=1S/C10H18F3NO/c11-10(12,13)8-14(6-7-15)9-4-2-1-3-5-9/h9,15H,1-8H2. The van der Waals surface area contributed by atoms with E-state index >= 15 is 0 Å². The van der Waals surface area contributed by atoms with Gasteiger partial charge in [-0.2, -0.15) is 13.2 Å². The fourth-order valence-electron chi connectivity index (χ4n) is 2.20. The Kier molecular flexibility index (Phi) is 4.86. The molecule has 1 aliphatic carbocycles. The summed E-state index contributed by atoms with van der Waals surface area (Å²) in [6.45, 7) is -0.963. The van der Waals surface area contributed by atoms with Gasteiger partial charge < -0.3 is 5.11 Å². The molecule has 0 aromatic rings. The van der Waals surface area contributed by atoms with Gasteiger partial charge >= 0.3 is 6.18 Å². The first kappa shape index (κ1) is 12.8. The average molecular weight is 225 g/mol. The molecule has 0 aromatic heterocycles. The highest BCUT2D eigenvalue weighted by Gasteiger charge is 2.33. The van der Waals surface area contributed by atoms with Gasteiger partial charge in [-0.15, -0.1) is 0 Å². The molecule has 1 aliphatic rings. The van der Waals surface area contributed by atoms with Gasteiger partial charge in [0.05, 0.1) is 13.2 Å². The molecule has 0 atom stereocenters. The third kappa shape index (κ3) is 4.84. The van der Waals surface area contributed by atoms with Crippen molar-refractivity contribution in [1.29, 1.82) is 0 Å². The van der Waals surface area contributed by atoms with Crippen LogP contribution in [0.25, 0.3) is 0 Å². The number of aliphatic hydroxyl groups is 1. The van der Waals surface area contributed by atoms with Crippen LogP contribution in [0.4, 0.5) is 13.2 Å². The fraction of sp³-hybridized carbons (Fsp3) is 1.00. The van der Waals surface area contributed by atoms with Crippen LogP contribution < -0.4 is 0 Å². The van der Waals surface area contributed by atoms with Gasteiger partial charge in [-0.1, -0.05) is 19.3 Å². The molecule has 0 unspecified atom stereocenters. The summed E-state index contributed by atoms with van der Waals surface area (Å²) >= 11 is 0. The third-order valence-corrected chi connectivity index (χ3v) is 2.86. The van der Waals surface area contributed by atoms with E-state index in [1.54, 1.807) is 0 Å². The largest absolute Gasteiger partial charge is 0.401 e. The van der Waals surface area contributed by atoms with E-state index in [2.05, 4.69) is 0 Å². The van der Waals surface area contributed by atoms with Crippen LogP contribution in [0.5, 0.6) is 0 Å².